The molecule has 0 radical (unpaired) electrons. The lowest BCUT2D eigenvalue weighted by Gasteiger charge is -2.16. The summed E-state index contributed by atoms with van der Waals surface area (Å²) in [6.45, 7) is 3.32. The summed E-state index contributed by atoms with van der Waals surface area (Å²) in [5.74, 6) is 0. The molecule has 1 aromatic carbocycles. The standard InChI is InChI=1S/C11H17BrN2O3S/c1-7(5-8(2)15)14-18(16,17)11-4-3-9(13)6-10(11)12/h3-4,6-8,14-15H,5,13H2,1-2H3. The molecular formula is C11H17BrN2O3S. The van der Waals surface area contributed by atoms with Gasteiger partial charge in [-0.05, 0) is 54.4 Å². The Morgan fingerprint density at radius 1 is 1.44 bits per heavy atom. The van der Waals surface area contributed by atoms with Gasteiger partial charge in [-0.25, -0.2) is 13.1 Å². The van der Waals surface area contributed by atoms with Crippen LogP contribution < -0.4 is 10.5 Å². The quantitative estimate of drug-likeness (QED) is 0.710. The van der Waals surface area contributed by atoms with Gasteiger partial charge in [0.15, 0.2) is 0 Å². The third-order valence-electron chi connectivity index (χ3n) is 2.30. The average Bonchev–Trinajstić information content (AvgIpc) is 2.13. The molecule has 0 aromatic heterocycles. The fourth-order valence-electron chi connectivity index (χ4n) is 1.62. The van der Waals surface area contributed by atoms with E-state index in [1.807, 2.05) is 0 Å². The molecule has 2 atom stereocenters. The van der Waals surface area contributed by atoms with E-state index in [9.17, 15) is 13.5 Å². The summed E-state index contributed by atoms with van der Waals surface area (Å²) in [6, 6.07) is 4.16. The van der Waals surface area contributed by atoms with Gasteiger partial charge in [-0.3, -0.25) is 0 Å². The molecule has 18 heavy (non-hydrogen) atoms. The third kappa shape index (κ3) is 4.24. The number of benzene rings is 1. The first-order valence-electron chi connectivity index (χ1n) is 5.48. The number of anilines is 1. The van der Waals surface area contributed by atoms with Gasteiger partial charge in [0.25, 0.3) is 0 Å². The van der Waals surface area contributed by atoms with Gasteiger partial charge in [-0.1, -0.05) is 0 Å². The molecule has 0 aliphatic heterocycles. The summed E-state index contributed by atoms with van der Waals surface area (Å²) in [5, 5.41) is 9.22. The number of nitrogens with one attached hydrogen (secondary N) is 1. The molecule has 0 aliphatic rings. The first-order valence-corrected chi connectivity index (χ1v) is 7.75. The highest BCUT2D eigenvalue weighted by Gasteiger charge is 2.20. The largest absolute Gasteiger partial charge is 0.399 e. The molecule has 0 heterocycles. The van der Waals surface area contributed by atoms with E-state index in [1.165, 1.54) is 18.2 Å². The molecule has 0 saturated heterocycles. The van der Waals surface area contributed by atoms with E-state index < -0.39 is 16.1 Å². The minimum atomic E-state index is -3.62. The van der Waals surface area contributed by atoms with Crippen molar-refractivity contribution in [1.29, 1.82) is 0 Å². The minimum Gasteiger partial charge on any atom is -0.399 e. The molecule has 2 unspecified atom stereocenters. The zero-order valence-electron chi connectivity index (χ0n) is 10.2. The number of rotatable bonds is 5. The Labute approximate surface area is 116 Å². The molecule has 0 amide bonds. The highest BCUT2D eigenvalue weighted by molar-refractivity contribution is 9.10. The van der Waals surface area contributed by atoms with Gasteiger partial charge < -0.3 is 10.8 Å². The second-order valence-electron chi connectivity index (χ2n) is 4.30. The second kappa shape index (κ2) is 6.01. The maximum absolute atomic E-state index is 12.1. The van der Waals surface area contributed by atoms with Crippen LogP contribution in [-0.4, -0.2) is 25.7 Å². The Morgan fingerprint density at radius 3 is 2.56 bits per heavy atom. The summed E-state index contributed by atoms with van der Waals surface area (Å²) < 4.78 is 27.1. The lowest BCUT2D eigenvalue weighted by Crippen LogP contribution is -2.34. The van der Waals surface area contributed by atoms with Crippen LogP contribution in [0.3, 0.4) is 0 Å². The van der Waals surface area contributed by atoms with Crippen LogP contribution in [0.15, 0.2) is 27.6 Å². The molecule has 0 fully saturated rings. The first-order chi connectivity index (χ1) is 8.22. The van der Waals surface area contributed by atoms with Crippen LogP contribution in [0.5, 0.6) is 0 Å². The number of aliphatic hydroxyl groups excluding tert-OH is 1. The van der Waals surface area contributed by atoms with Crippen molar-refractivity contribution in [3.63, 3.8) is 0 Å². The van der Waals surface area contributed by atoms with Crippen LogP contribution in [0.4, 0.5) is 5.69 Å². The molecule has 4 N–H and O–H groups in total. The van der Waals surface area contributed by atoms with Crippen molar-refractivity contribution in [2.45, 2.75) is 37.3 Å². The number of hydrogen-bond acceptors (Lipinski definition) is 4. The Hall–Kier alpha value is -0.630. The van der Waals surface area contributed by atoms with Crippen molar-refractivity contribution in [3.8, 4) is 0 Å². The van der Waals surface area contributed by atoms with E-state index in [1.54, 1.807) is 13.8 Å². The van der Waals surface area contributed by atoms with Crippen LogP contribution in [0.25, 0.3) is 0 Å². The van der Waals surface area contributed by atoms with E-state index >= 15 is 0 Å². The molecule has 1 aromatic rings. The SMILES string of the molecule is CC(O)CC(C)NS(=O)(=O)c1ccc(N)cc1Br. The van der Waals surface area contributed by atoms with Crippen molar-refractivity contribution in [2.75, 3.05) is 5.73 Å². The normalized spacial score (nSPS) is 15.3. The van der Waals surface area contributed by atoms with Crippen LogP contribution in [-0.2, 0) is 10.0 Å². The lowest BCUT2D eigenvalue weighted by molar-refractivity contribution is 0.175. The number of nitrogens with two attached hydrogens (primary N) is 1. The predicted octanol–water partition coefficient (Wildman–Crippen LogP) is 1.47. The van der Waals surface area contributed by atoms with Crippen LogP contribution >= 0.6 is 15.9 Å². The Bertz CT molecular complexity index is 517. The van der Waals surface area contributed by atoms with Crippen LogP contribution in [0.1, 0.15) is 20.3 Å². The fourth-order valence-corrected chi connectivity index (χ4v) is 3.97. The molecule has 1 rings (SSSR count). The van der Waals surface area contributed by atoms with Crippen molar-refractivity contribution >= 4 is 31.6 Å². The summed E-state index contributed by atoms with van der Waals surface area (Å²) in [6.07, 6.45) is -0.205. The Balaban J connectivity index is 2.93. The van der Waals surface area contributed by atoms with Crippen molar-refractivity contribution in [1.82, 2.24) is 4.72 Å². The second-order valence-corrected chi connectivity index (χ2v) is 6.83. The Kier molecular flexibility index (Phi) is 5.15. The van der Waals surface area contributed by atoms with E-state index in [4.69, 9.17) is 5.73 Å². The summed E-state index contributed by atoms with van der Waals surface area (Å²) >= 11 is 3.18. The van der Waals surface area contributed by atoms with E-state index in [2.05, 4.69) is 20.7 Å². The lowest BCUT2D eigenvalue weighted by atomic mass is 10.2. The van der Waals surface area contributed by atoms with Gasteiger partial charge in [0.2, 0.25) is 10.0 Å². The molecule has 5 nitrogen and oxygen atoms in total. The van der Waals surface area contributed by atoms with Gasteiger partial charge in [0, 0.05) is 16.2 Å². The minimum absolute atomic E-state index is 0.133. The highest BCUT2D eigenvalue weighted by atomic mass is 79.9. The fraction of sp³-hybridized carbons (Fsp3) is 0.455. The number of aliphatic hydroxyl groups is 1. The molecule has 7 heteroatoms. The van der Waals surface area contributed by atoms with E-state index in [-0.39, 0.29) is 10.9 Å². The zero-order valence-corrected chi connectivity index (χ0v) is 12.6. The van der Waals surface area contributed by atoms with E-state index in [0.717, 1.165) is 0 Å². The van der Waals surface area contributed by atoms with Crippen molar-refractivity contribution in [3.05, 3.63) is 22.7 Å². The summed E-state index contributed by atoms with van der Waals surface area (Å²) in [4.78, 5) is 0.133. The molecule has 0 spiro atoms. The topological polar surface area (TPSA) is 92.4 Å². The molecular weight excluding hydrogens is 320 g/mol. The average molecular weight is 337 g/mol. The first kappa shape index (κ1) is 15.4. The smallest absolute Gasteiger partial charge is 0.241 e. The maximum Gasteiger partial charge on any atom is 0.241 e. The van der Waals surface area contributed by atoms with Crippen LogP contribution in [0.2, 0.25) is 0 Å². The zero-order chi connectivity index (χ0) is 13.9. The maximum atomic E-state index is 12.1. The highest BCUT2D eigenvalue weighted by Crippen LogP contribution is 2.24. The van der Waals surface area contributed by atoms with Crippen molar-refractivity contribution < 1.29 is 13.5 Å². The van der Waals surface area contributed by atoms with E-state index in [0.29, 0.717) is 16.6 Å². The Morgan fingerprint density at radius 2 is 2.06 bits per heavy atom. The summed E-state index contributed by atoms with van der Waals surface area (Å²) in [7, 11) is -3.62. The number of sulfonamides is 1. The van der Waals surface area contributed by atoms with Gasteiger partial charge >= 0.3 is 0 Å². The third-order valence-corrected chi connectivity index (χ3v) is 4.86. The van der Waals surface area contributed by atoms with Crippen molar-refractivity contribution in [2.24, 2.45) is 0 Å². The monoisotopic (exact) mass is 336 g/mol. The number of hydrogen-bond donors (Lipinski definition) is 3. The molecule has 0 bridgehead atoms. The van der Waals surface area contributed by atoms with Gasteiger partial charge in [-0.2, -0.15) is 0 Å². The van der Waals surface area contributed by atoms with Crippen LogP contribution in [0, 0.1) is 0 Å². The molecule has 102 valence electrons. The molecule has 0 saturated carbocycles. The van der Waals surface area contributed by atoms with Gasteiger partial charge in [-0.15, -0.1) is 0 Å². The van der Waals surface area contributed by atoms with Gasteiger partial charge in [0.1, 0.15) is 0 Å². The number of halogens is 1. The number of nitrogen functional groups attached to an aromatic ring is 1. The molecule has 0 aliphatic carbocycles. The van der Waals surface area contributed by atoms with Gasteiger partial charge in [0.05, 0.1) is 11.0 Å². The summed E-state index contributed by atoms with van der Waals surface area (Å²) in [5.41, 5.74) is 6.04. The predicted molar refractivity (Wildman–Crippen MR) is 74.6 cm³/mol.